The molecule has 2 aromatic carbocycles. The Balaban J connectivity index is 1.78. The first-order chi connectivity index (χ1) is 15.2. The number of halogens is 4. The predicted octanol–water partition coefficient (Wildman–Crippen LogP) is 4.81. The molecule has 1 saturated heterocycles. The second-order valence-corrected chi connectivity index (χ2v) is 8.43. The van der Waals surface area contributed by atoms with Gasteiger partial charge in [0.2, 0.25) is 0 Å². The molecule has 4 rings (SSSR count). The quantitative estimate of drug-likeness (QED) is 0.707. The second kappa shape index (κ2) is 8.90. The van der Waals surface area contributed by atoms with E-state index in [-0.39, 0.29) is 12.1 Å². The van der Waals surface area contributed by atoms with Gasteiger partial charge in [-0.2, -0.15) is 0 Å². The van der Waals surface area contributed by atoms with Crippen molar-refractivity contribution in [2.24, 2.45) is 4.99 Å². The van der Waals surface area contributed by atoms with Crippen LogP contribution in [0.4, 0.5) is 35.0 Å². The molecule has 6 nitrogen and oxygen atoms in total. The number of rotatable bonds is 3. The van der Waals surface area contributed by atoms with Gasteiger partial charge < -0.3 is 20.0 Å². The van der Waals surface area contributed by atoms with Crippen molar-refractivity contribution in [3.8, 4) is 0 Å². The highest BCUT2D eigenvalue weighted by Crippen LogP contribution is 2.40. The topological polar surface area (TPSA) is 51.2 Å². The summed E-state index contributed by atoms with van der Waals surface area (Å²) in [6, 6.07) is 8.60. The molecule has 2 aliphatic rings. The van der Waals surface area contributed by atoms with E-state index in [2.05, 4.69) is 5.32 Å². The van der Waals surface area contributed by atoms with E-state index in [0.29, 0.717) is 53.0 Å². The third-order valence-electron chi connectivity index (χ3n) is 5.46. The number of fused-ring (bicyclic) bond motifs is 2. The lowest BCUT2D eigenvalue weighted by molar-refractivity contribution is 0.158. The van der Waals surface area contributed by atoms with Crippen LogP contribution in [0, 0.1) is 5.82 Å². The molecule has 32 heavy (non-hydrogen) atoms. The van der Waals surface area contributed by atoms with Gasteiger partial charge in [0, 0.05) is 37.8 Å². The molecule has 2 aliphatic heterocycles. The normalized spacial score (nSPS) is 19.0. The summed E-state index contributed by atoms with van der Waals surface area (Å²) in [6.07, 6.45) is -1.97. The molecular formula is C22H23ClF3N5O. The molecule has 1 fully saturated rings. The number of nitrogens with one attached hydrogen (secondary N) is 1. The molecule has 0 aromatic heterocycles. The van der Waals surface area contributed by atoms with Gasteiger partial charge in [-0.25, -0.2) is 18.0 Å². The van der Waals surface area contributed by atoms with Crippen LogP contribution in [0.5, 0.6) is 0 Å². The lowest BCUT2D eigenvalue weighted by Gasteiger charge is -2.25. The molecule has 0 spiro atoms. The maximum atomic E-state index is 14.0. The SMILES string of the molecule is CN(C)C(=O)N1CC[C@H](N=C2Nc3cc(F)ccc3N(CC(F)F)c3ccc(Cl)cc32)C1. The van der Waals surface area contributed by atoms with Crippen molar-refractivity contribution in [1.29, 1.82) is 0 Å². The van der Waals surface area contributed by atoms with Crippen LogP contribution < -0.4 is 10.2 Å². The molecule has 1 N–H and O–H groups in total. The van der Waals surface area contributed by atoms with E-state index < -0.39 is 18.8 Å². The summed E-state index contributed by atoms with van der Waals surface area (Å²) in [5.74, 6) is -0.101. The Labute approximate surface area is 189 Å². The zero-order valence-electron chi connectivity index (χ0n) is 17.7. The van der Waals surface area contributed by atoms with Gasteiger partial charge in [0.05, 0.1) is 29.6 Å². The van der Waals surface area contributed by atoms with E-state index in [1.165, 1.54) is 28.0 Å². The summed E-state index contributed by atoms with van der Waals surface area (Å²) in [5, 5.41) is 3.55. The van der Waals surface area contributed by atoms with Crippen molar-refractivity contribution in [2.75, 3.05) is 43.9 Å². The monoisotopic (exact) mass is 465 g/mol. The lowest BCUT2D eigenvalue weighted by atomic mass is 10.1. The number of benzene rings is 2. The van der Waals surface area contributed by atoms with Crippen molar-refractivity contribution in [3.63, 3.8) is 0 Å². The third-order valence-corrected chi connectivity index (χ3v) is 5.69. The van der Waals surface area contributed by atoms with Crippen molar-refractivity contribution in [1.82, 2.24) is 9.80 Å². The molecular weight excluding hydrogens is 443 g/mol. The molecule has 2 aromatic rings. The largest absolute Gasteiger partial charge is 0.338 e. The van der Waals surface area contributed by atoms with Gasteiger partial charge in [-0.1, -0.05) is 11.6 Å². The summed E-state index contributed by atoms with van der Waals surface area (Å²) in [6.45, 7) is 0.412. The number of urea groups is 1. The first-order valence-electron chi connectivity index (χ1n) is 10.2. The average Bonchev–Trinajstić information content (AvgIpc) is 3.15. The number of hydrogen-bond acceptors (Lipinski definition) is 3. The second-order valence-electron chi connectivity index (χ2n) is 7.99. The molecule has 0 saturated carbocycles. The maximum absolute atomic E-state index is 14.0. The van der Waals surface area contributed by atoms with Crippen LogP contribution in [0.3, 0.4) is 0 Å². The molecule has 0 aliphatic carbocycles. The van der Waals surface area contributed by atoms with Gasteiger partial charge in [-0.3, -0.25) is 4.99 Å². The van der Waals surface area contributed by atoms with Crippen molar-refractivity contribution in [2.45, 2.75) is 18.9 Å². The zero-order chi connectivity index (χ0) is 23.0. The third kappa shape index (κ3) is 4.48. The average molecular weight is 466 g/mol. The summed E-state index contributed by atoms with van der Waals surface area (Å²) < 4.78 is 41.0. The zero-order valence-corrected chi connectivity index (χ0v) is 18.4. The van der Waals surface area contributed by atoms with Crippen LogP contribution in [0.1, 0.15) is 12.0 Å². The summed E-state index contributed by atoms with van der Waals surface area (Å²) in [7, 11) is 3.38. The number of aliphatic imine (C=N–C) groups is 1. The van der Waals surface area contributed by atoms with Gasteiger partial charge >= 0.3 is 6.03 Å². The Hall–Kier alpha value is -2.94. The predicted molar refractivity (Wildman–Crippen MR) is 120 cm³/mol. The molecule has 0 radical (unpaired) electrons. The summed E-state index contributed by atoms with van der Waals surface area (Å²) >= 11 is 6.23. The molecule has 0 bridgehead atoms. The molecule has 10 heteroatoms. The van der Waals surface area contributed by atoms with Crippen LogP contribution in [0.25, 0.3) is 0 Å². The molecule has 1 atom stereocenters. The molecule has 170 valence electrons. The Morgan fingerprint density at radius 1 is 1.25 bits per heavy atom. The van der Waals surface area contributed by atoms with Crippen LogP contribution in [-0.4, -0.2) is 67.9 Å². The Morgan fingerprint density at radius 3 is 2.72 bits per heavy atom. The minimum Gasteiger partial charge on any atom is -0.338 e. The van der Waals surface area contributed by atoms with Crippen LogP contribution in [0.2, 0.25) is 5.02 Å². The number of carbonyl (C=O) groups is 1. The summed E-state index contributed by atoms with van der Waals surface area (Å²) in [5.41, 5.74) is 1.77. The van der Waals surface area contributed by atoms with E-state index >= 15 is 0 Å². The number of likely N-dealkylation sites (tertiary alicyclic amines) is 1. The van der Waals surface area contributed by atoms with Gasteiger partial charge in [-0.05, 0) is 42.8 Å². The summed E-state index contributed by atoms with van der Waals surface area (Å²) in [4.78, 5) is 21.7. The maximum Gasteiger partial charge on any atom is 0.319 e. The standard InChI is InChI=1S/C22H23ClF3N5O/c1-29(2)22(32)30-8-7-15(11-30)27-21-16-9-13(23)3-5-18(16)31(12-20(25)26)19-6-4-14(24)10-17(19)28-21/h3-6,9-10,15,20H,7-8,11-12H2,1-2H3,(H,27,28)/t15-/m0/s1. The van der Waals surface area contributed by atoms with E-state index in [0.717, 1.165) is 0 Å². The number of nitrogens with zero attached hydrogens (tertiary/aromatic N) is 4. The Kier molecular flexibility index (Phi) is 6.19. The van der Waals surface area contributed by atoms with Crippen LogP contribution >= 0.6 is 11.6 Å². The number of amidine groups is 1. The smallest absolute Gasteiger partial charge is 0.319 e. The van der Waals surface area contributed by atoms with Crippen molar-refractivity contribution in [3.05, 3.63) is 52.8 Å². The van der Waals surface area contributed by atoms with Gasteiger partial charge in [-0.15, -0.1) is 0 Å². The number of alkyl halides is 2. The molecule has 2 amide bonds. The van der Waals surface area contributed by atoms with Crippen molar-refractivity contribution >= 4 is 40.5 Å². The highest BCUT2D eigenvalue weighted by atomic mass is 35.5. The minimum atomic E-state index is -2.62. The highest BCUT2D eigenvalue weighted by Gasteiger charge is 2.30. The first kappa shape index (κ1) is 22.3. The van der Waals surface area contributed by atoms with Gasteiger partial charge in [0.25, 0.3) is 6.43 Å². The lowest BCUT2D eigenvalue weighted by Crippen LogP contribution is -2.38. The molecule has 0 unspecified atom stereocenters. The fourth-order valence-corrected chi connectivity index (χ4v) is 4.20. The van der Waals surface area contributed by atoms with Crippen LogP contribution in [0.15, 0.2) is 41.4 Å². The van der Waals surface area contributed by atoms with Gasteiger partial charge in [0.15, 0.2) is 0 Å². The Morgan fingerprint density at radius 2 is 2.00 bits per heavy atom. The fourth-order valence-electron chi connectivity index (χ4n) is 4.02. The highest BCUT2D eigenvalue weighted by molar-refractivity contribution is 6.31. The van der Waals surface area contributed by atoms with E-state index in [4.69, 9.17) is 16.6 Å². The number of anilines is 3. The van der Waals surface area contributed by atoms with Crippen molar-refractivity contribution < 1.29 is 18.0 Å². The Bertz CT molecular complexity index is 1060. The first-order valence-corrected chi connectivity index (χ1v) is 10.6. The minimum absolute atomic E-state index is 0.0968. The van der Waals surface area contributed by atoms with E-state index in [1.807, 2.05) is 0 Å². The van der Waals surface area contributed by atoms with E-state index in [9.17, 15) is 18.0 Å². The number of amides is 2. The number of hydrogen-bond donors (Lipinski definition) is 1. The van der Waals surface area contributed by atoms with E-state index in [1.54, 1.807) is 37.2 Å². The fraction of sp³-hybridized carbons (Fsp3) is 0.364. The van der Waals surface area contributed by atoms with Gasteiger partial charge in [0.1, 0.15) is 11.7 Å². The number of carbonyl (C=O) groups excluding carboxylic acids is 1. The molecule has 2 heterocycles. The van der Waals surface area contributed by atoms with Crippen LogP contribution in [-0.2, 0) is 0 Å².